The predicted molar refractivity (Wildman–Crippen MR) is 362 cm³/mol. The van der Waals surface area contributed by atoms with Crippen molar-refractivity contribution in [3.63, 3.8) is 0 Å². The first-order valence-corrected chi connectivity index (χ1v) is 34.0. The molecule has 0 radical (unpaired) electrons. The van der Waals surface area contributed by atoms with Gasteiger partial charge in [0, 0.05) is 19.3 Å². The van der Waals surface area contributed by atoms with E-state index < -0.39 is 6.10 Å². The van der Waals surface area contributed by atoms with Crippen LogP contribution in [0.1, 0.15) is 290 Å². The molecule has 0 fully saturated rings. The van der Waals surface area contributed by atoms with E-state index in [0.29, 0.717) is 19.3 Å². The summed E-state index contributed by atoms with van der Waals surface area (Å²) in [7, 11) is 0. The molecular weight excluding hydrogens is 1020 g/mol. The first-order chi connectivity index (χ1) is 41.0. The van der Waals surface area contributed by atoms with Gasteiger partial charge >= 0.3 is 17.9 Å². The van der Waals surface area contributed by atoms with Crippen molar-refractivity contribution in [2.75, 3.05) is 13.2 Å². The Bertz CT molecular complexity index is 1840. The van der Waals surface area contributed by atoms with Gasteiger partial charge in [-0.05, 0) is 141 Å². The molecule has 6 heteroatoms. The van der Waals surface area contributed by atoms with Gasteiger partial charge in [0.2, 0.25) is 0 Å². The quantitative estimate of drug-likeness (QED) is 0.0261. The molecule has 0 aromatic rings. The highest BCUT2D eigenvalue weighted by Crippen LogP contribution is 2.16. The number of unbranched alkanes of at least 4 members (excludes halogenated alkanes) is 23. The molecule has 0 aromatic carbocycles. The van der Waals surface area contributed by atoms with Crippen LogP contribution in [0.5, 0.6) is 0 Å². The summed E-state index contributed by atoms with van der Waals surface area (Å²) in [6, 6.07) is 0. The van der Waals surface area contributed by atoms with E-state index in [2.05, 4.69) is 179 Å². The van der Waals surface area contributed by atoms with Crippen LogP contribution >= 0.6 is 0 Å². The Morgan fingerprint density at radius 2 is 0.434 bits per heavy atom. The van der Waals surface area contributed by atoms with Crippen LogP contribution in [0.4, 0.5) is 0 Å². The van der Waals surface area contributed by atoms with Crippen LogP contribution in [0.25, 0.3) is 0 Å². The molecule has 0 saturated heterocycles. The van der Waals surface area contributed by atoms with Crippen molar-refractivity contribution in [3.05, 3.63) is 158 Å². The second-order valence-electron chi connectivity index (χ2n) is 21.9. The van der Waals surface area contributed by atoms with Gasteiger partial charge in [-0.2, -0.15) is 0 Å². The number of hydrogen-bond donors (Lipinski definition) is 0. The van der Waals surface area contributed by atoms with E-state index in [4.69, 9.17) is 14.2 Å². The third-order valence-electron chi connectivity index (χ3n) is 14.0. The van der Waals surface area contributed by atoms with Gasteiger partial charge in [-0.15, -0.1) is 0 Å². The minimum absolute atomic E-state index is 0.0996. The van der Waals surface area contributed by atoms with Gasteiger partial charge in [-0.3, -0.25) is 14.4 Å². The fourth-order valence-corrected chi connectivity index (χ4v) is 9.04. The lowest BCUT2D eigenvalue weighted by molar-refractivity contribution is -0.167. The number of ether oxygens (including phenoxy) is 3. The van der Waals surface area contributed by atoms with E-state index in [-0.39, 0.29) is 31.1 Å². The third-order valence-corrected chi connectivity index (χ3v) is 14.0. The third kappa shape index (κ3) is 67.7. The normalized spacial score (nSPS) is 13.1. The second-order valence-corrected chi connectivity index (χ2v) is 21.9. The first kappa shape index (κ1) is 78.0. The Labute approximate surface area is 511 Å². The van der Waals surface area contributed by atoms with Crippen molar-refractivity contribution in [1.29, 1.82) is 0 Å². The number of esters is 3. The monoisotopic (exact) mass is 1140 g/mol. The maximum Gasteiger partial charge on any atom is 0.306 e. The largest absolute Gasteiger partial charge is 0.462 e. The van der Waals surface area contributed by atoms with E-state index in [0.717, 1.165) is 173 Å². The summed E-state index contributed by atoms with van der Waals surface area (Å²) >= 11 is 0. The summed E-state index contributed by atoms with van der Waals surface area (Å²) < 4.78 is 16.9. The Morgan fingerprint density at radius 3 is 0.675 bits per heavy atom. The van der Waals surface area contributed by atoms with E-state index in [9.17, 15) is 14.4 Å². The Balaban J connectivity index is 4.42. The van der Waals surface area contributed by atoms with Gasteiger partial charge in [0.15, 0.2) is 6.10 Å². The van der Waals surface area contributed by atoms with E-state index in [1.807, 2.05) is 0 Å². The maximum atomic E-state index is 12.9. The standard InChI is InChI=1S/C77H124O6/c1-4-7-10-13-16-19-22-25-28-31-33-35-36-37-38-39-40-42-43-46-49-52-55-58-61-64-67-70-76(79)82-73-74(72-81-75(78)69-66-63-60-57-54-51-48-45-30-27-24-21-18-15-12-9-6-3)83-77(80)71-68-65-62-59-56-53-50-47-44-41-34-32-29-26-23-20-17-14-11-8-5-2/h7-12,16-21,25-30,33-35,41,47-48,50-51,74H,4-6,13-15,22-24,31-32,36-40,42-46,49,52-73H2,1-3H3/b10-7-,11-8-,12-9-,19-16-,20-17-,21-18-,28-25-,29-26-,30-27-,35-33-,41-34-,50-47-,51-48-. The molecule has 0 spiro atoms. The molecule has 0 aliphatic heterocycles. The lowest BCUT2D eigenvalue weighted by atomic mass is 10.0. The zero-order chi connectivity index (χ0) is 59.9. The Morgan fingerprint density at radius 1 is 0.241 bits per heavy atom. The molecule has 0 bridgehead atoms. The summed E-state index contributed by atoms with van der Waals surface area (Å²) in [6.45, 7) is 6.28. The van der Waals surface area contributed by atoms with Crippen LogP contribution in [-0.2, 0) is 28.6 Å². The van der Waals surface area contributed by atoms with E-state index >= 15 is 0 Å². The van der Waals surface area contributed by atoms with Gasteiger partial charge in [-0.25, -0.2) is 0 Å². The van der Waals surface area contributed by atoms with Gasteiger partial charge in [-0.1, -0.05) is 288 Å². The summed E-state index contributed by atoms with van der Waals surface area (Å²) in [5.74, 6) is -0.941. The maximum absolute atomic E-state index is 12.9. The molecule has 6 nitrogen and oxygen atoms in total. The summed E-state index contributed by atoms with van der Waals surface area (Å²) in [4.78, 5) is 38.4. The molecule has 468 valence electrons. The molecule has 0 aliphatic rings. The highest BCUT2D eigenvalue weighted by atomic mass is 16.6. The van der Waals surface area contributed by atoms with Crippen molar-refractivity contribution in [3.8, 4) is 0 Å². The number of carbonyl (C=O) groups excluding carboxylic acids is 3. The smallest absolute Gasteiger partial charge is 0.306 e. The molecule has 0 rings (SSSR count). The molecular formula is C77H124O6. The van der Waals surface area contributed by atoms with Gasteiger partial charge in [0.05, 0.1) is 0 Å². The fourth-order valence-electron chi connectivity index (χ4n) is 9.04. The average molecular weight is 1150 g/mol. The van der Waals surface area contributed by atoms with Gasteiger partial charge in [0.25, 0.3) is 0 Å². The van der Waals surface area contributed by atoms with Crippen LogP contribution in [0, 0.1) is 0 Å². The molecule has 0 N–H and O–H groups in total. The van der Waals surface area contributed by atoms with E-state index in [1.165, 1.54) is 77.0 Å². The molecule has 0 aromatic heterocycles. The van der Waals surface area contributed by atoms with Gasteiger partial charge < -0.3 is 14.2 Å². The molecule has 0 aliphatic carbocycles. The average Bonchev–Trinajstić information content (AvgIpc) is 3.50. The van der Waals surface area contributed by atoms with Crippen LogP contribution in [0.2, 0.25) is 0 Å². The lowest BCUT2D eigenvalue weighted by Crippen LogP contribution is -2.30. The number of allylic oxidation sites excluding steroid dienone is 26. The van der Waals surface area contributed by atoms with E-state index in [1.54, 1.807) is 0 Å². The Hall–Kier alpha value is -4.97. The van der Waals surface area contributed by atoms with Crippen molar-refractivity contribution in [1.82, 2.24) is 0 Å². The van der Waals surface area contributed by atoms with Crippen LogP contribution in [-0.4, -0.2) is 37.2 Å². The van der Waals surface area contributed by atoms with Crippen molar-refractivity contribution in [2.24, 2.45) is 0 Å². The number of hydrogen-bond acceptors (Lipinski definition) is 6. The summed E-state index contributed by atoms with van der Waals surface area (Å²) in [5, 5.41) is 0. The number of carbonyl (C=O) groups is 3. The number of rotatable bonds is 60. The van der Waals surface area contributed by atoms with Gasteiger partial charge in [0.1, 0.15) is 13.2 Å². The zero-order valence-corrected chi connectivity index (χ0v) is 53.7. The molecule has 1 atom stereocenters. The highest BCUT2D eigenvalue weighted by molar-refractivity contribution is 5.71. The van der Waals surface area contributed by atoms with Crippen LogP contribution < -0.4 is 0 Å². The van der Waals surface area contributed by atoms with Crippen molar-refractivity contribution in [2.45, 2.75) is 297 Å². The molecule has 1 unspecified atom stereocenters. The minimum Gasteiger partial charge on any atom is -0.462 e. The molecule has 0 amide bonds. The Kier molecular flexibility index (Phi) is 65.4. The fraction of sp³-hybridized carbons (Fsp3) is 0.623. The SMILES string of the molecule is CC/C=C\C/C=C\C/C=C\C/C=C\C/C=C\CCCCCCCC(=O)OC(COC(=O)CCCCCC/C=C\C/C=C\C/C=C\C/C=C\CC)COC(=O)CCCCCCCCCCCCCCCC/C=C\C/C=C\C/C=C\C/C=C\CC. The summed E-state index contributed by atoms with van der Waals surface area (Å²) in [6.07, 6.45) is 101. The van der Waals surface area contributed by atoms with Crippen LogP contribution in [0.15, 0.2) is 158 Å². The highest BCUT2D eigenvalue weighted by Gasteiger charge is 2.19. The summed E-state index contributed by atoms with van der Waals surface area (Å²) in [5.41, 5.74) is 0. The predicted octanol–water partition coefficient (Wildman–Crippen LogP) is 23.7. The first-order valence-electron chi connectivity index (χ1n) is 34.0. The topological polar surface area (TPSA) is 78.9 Å². The van der Waals surface area contributed by atoms with Crippen molar-refractivity contribution >= 4 is 17.9 Å². The van der Waals surface area contributed by atoms with Crippen LogP contribution in [0.3, 0.4) is 0 Å². The molecule has 0 saturated carbocycles. The molecule has 83 heavy (non-hydrogen) atoms. The van der Waals surface area contributed by atoms with Crippen molar-refractivity contribution < 1.29 is 28.6 Å². The minimum atomic E-state index is -0.808. The molecule has 0 heterocycles. The zero-order valence-electron chi connectivity index (χ0n) is 53.7. The lowest BCUT2D eigenvalue weighted by Gasteiger charge is -2.18. The second kappa shape index (κ2) is 69.5.